The molecule has 1 rings (SSSR count). The molecule has 10 heteroatoms. The van der Waals surface area contributed by atoms with Gasteiger partial charge in [0.15, 0.2) is 5.75 Å². The van der Waals surface area contributed by atoms with Gasteiger partial charge < -0.3 is 21.3 Å². The fourth-order valence-corrected chi connectivity index (χ4v) is 1.39. The minimum absolute atomic E-state index is 0.0356. The van der Waals surface area contributed by atoms with Crippen molar-refractivity contribution in [2.75, 3.05) is 5.73 Å². The van der Waals surface area contributed by atoms with E-state index in [1.807, 2.05) is 0 Å². The van der Waals surface area contributed by atoms with Crippen molar-refractivity contribution in [3.05, 3.63) is 18.2 Å². The number of ketones is 1. The van der Waals surface area contributed by atoms with Gasteiger partial charge in [-0.25, -0.2) is 19.4 Å². The van der Waals surface area contributed by atoms with Crippen molar-refractivity contribution >= 4 is 29.4 Å². The predicted octanol–water partition coefficient (Wildman–Crippen LogP) is -0.422. The minimum Gasteiger partial charge on any atom is -0.506 e. The molecule has 0 aromatic heterocycles. The van der Waals surface area contributed by atoms with E-state index in [1.54, 1.807) is 0 Å². The monoisotopic (exact) mass is 340 g/mol. The molecule has 10 nitrogen and oxygen atoms in total. The molecule has 0 saturated carbocycles. The minimum atomic E-state index is -1.35. The van der Waals surface area contributed by atoms with Gasteiger partial charge in [0, 0.05) is 13.3 Å². The Morgan fingerprint density at radius 3 is 2.50 bits per heavy atom. The van der Waals surface area contributed by atoms with Gasteiger partial charge >= 0.3 is 17.9 Å². The molecule has 0 fully saturated rings. The Bertz CT molecular complexity index is 658. The number of phenolic OH excluding ortho intramolecular Hbond substituents is 1. The Labute approximate surface area is 136 Å². The summed E-state index contributed by atoms with van der Waals surface area (Å²) >= 11 is 0. The zero-order valence-corrected chi connectivity index (χ0v) is 12.7. The summed E-state index contributed by atoms with van der Waals surface area (Å²) in [5.74, 6) is -4.47. The summed E-state index contributed by atoms with van der Waals surface area (Å²) in [6.07, 6.45) is -0.444. The smallest absolute Gasteiger partial charge is 0.421 e. The van der Waals surface area contributed by atoms with Crippen LogP contribution in [0.5, 0.6) is 11.5 Å². The van der Waals surface area contributed by atoms with Crippen LogP contribution in [0.2, 0.25) is 0 Å². The van der Waals surface area contributed by atoms with Crippen LogP contribution in [0.4, 0.5) is 5.69 Å². The third-order valence-electron chi connectivity index (χ3n) is 2.72. The lowest BCUT2D eigenvalue weighted by Gasteiger charge is -2.10. The molecular weight excluding hydrogens is 324 g/mol. The molecule has 1 atom stereocenters. The number of phenols is 1. The van der Waals surface area contributed by atoms with Crippen LogP contribution in [-0.2, 0) is 29.0 Å². The molecule has 0 unspecified atom stereocenters. The molecule has 1 aromatic rings. The van der Waals surface area contributed by atoms with Crippen LogP contribution in [0, 0.1) is 0 Å². The topological polar surface area (TPSA) is 168 Å². The highest BCUT2D eigenvalue weighted by Crippen LogP contribution is 2.30. The highest BCUT2D eigenvalue weighted by atomic mass is 17.2. The lowest BCUT2D eigenvalue weighted by atomic mass is 10.2. The number of hydrogen-bond donors (Lipinski definition) is 3. The van der Waals surface area contributed by atoms with Crippen molar-refractivity contribution < 1.29 is 38.8 Å². The number of Topliss-reactive ketones (excluding diaryl/α,β-unsaturated/α-hetero) is 1. The normalized spacial score (nSPS) is 11.2. The molecule has 130 valence electrons. The third-order valence-corrected chi connectivity index (χ3v) is 2.72. The number of carbonyl (C=O) groups is 4. The van der Waals surface area contributed by atoms with Gasteiger partial charge in [0.2, 0.25) is 5.78 Å². The summed E-state index contributed by atoms with van der Waals surface area (Å²) < 4.78 is 4.92. The molecule has 0 saturated heterocycles. The molecule has 0 aliphatic carbocycles. The fraction of sp³-hybridized carbons (Fsp3) is 0.286. The molecule has 0 spiro atoms. The van der Waals surface area contributed by atoms with Crippen molar-refractivity contribution in [1.29, 1.82) is 0 Å². The summed E-state index contributed by atoms with van der Waals surface area (Å²) in [5, 5.41) is 9.38. The molecule has 5 N–H and O–H groups in total. The Morgan fingerprint density at radius 1 is 1.21 bits per heavy atom. The van der Waals surface area contributed by atoms with Crippen LogP contribution in [0.25, 0.3) is 0 Å². The van der Waals surface area contributed by atoms with E-state index in [9.17, 15) is 24.3 Å². The number of hydrogen-bond acceptors (Lipinski definition) is 10. The van der Waals surface area contributed by atoms with Gasteiger partial charge in [-0.1, -0.05) is 6.07 Å². The molecule has 0 aliphatic heterocycles. The number of nitrogens with two attached hydrogens (primary N) is 2. The maximum Gasteiger partial charge on any atom is 0.421 e. The maximum absolute atomic E-state index is 11.7. The van der Waals surface area contributed by atoms with Crippen LogP contribution < -0.4 is 16.2 Å². The van der Waals surface area contributed by atoms with Gasteiger partial charge in [-0.3, -0.25) is 9.59 Å². The van der Waals surface area contributed by atoms with E-state index >= 15 is 0 Å². The molecule has 0 bridgehead atoms. The summed E-state index contributed by atoms with van der Waals surface area (Å²) in [5.41, 5.74) is 10.9. The van der Waals surface area contributed by atoms with Crippen molar-refractivity contribution in [1.82, 2.24) is 0 Å². The first-order chi connectivity index (χ1) is 11.2. The zero-order chi connectivity index (χ0) is 18.3. The molecular formula is C14H16N2O8. The van der Waals surface area contributed by atoms with E-state index in [0.717, 1.165) is 6.92 Å². The van der Waals surface area contributed by atoms with Crippen molar-refractivity contribution in [3.8, 4) is 11.5 Å². The van der Waals surface area contributed by atoms with E-state index in [-0.39, 0.29) is 30.0 Å². The summed E-state index contributed by atoms with van der Waals surface area (Å²) in [6, 6.07) is 2.85. The second-order valence-corrected chi connectivity index (χ2v) is 4.64. The Kier molecular flexibility index (Phi) is 6.68. The fourth-order valence-electron chi connectivity index (χ4n) is 1.39. The lowest BCUT2D eigenvalue weighted by molar-refractivity contribution is -0.257. The number of para-hydroxylation sites is 1. The summed E-state index contributed by atoms with van der Waals surface area (Å²) in [7, 11) is 0. The number of aromatic hydroxyl groups is 1. The van der Waals surface area contributed by atoms with E-state index < -0.39 is 29.7 Å². The maximum atomic E-state index is 11.7. The average molecular weight is 340 g/mol. The highest BCUT2D eigenvalue weighted by Gasteiger charge is 2.21. The predicted molar refractivity (Wildman–Crippen MR) is 78.2 cm³/mol. The van der Waals surface area contributed by atoms with Crippen LogP contribution >= 0.6 is 0 Å². The molecule has 0 aliphatic rings. The second kappa shape index (κ2) is 8.48. The quantitative estimate of drug-likeness (QED) is 0.118. The van der Waals surface area contributed by atoms with Crippen LogP contribution in [0.15, 0.2) is 18.2 Å². The van der Waals surface area contributed by atoms with Gasteiger partial charge in [-0.2, -0.15) is 0 Å². The Hall–Kier alpha value is -3.14. The number of esters is 1. The number of anilines is 1. The van der Waals surface area contributed by atoms with E-state index in [4.69, 9.17) is 16.2 Å². The highest BCUT2D eigenvalue weighted by molar-refractivity contribution is 6.32. The Morgan fingerprint density at radius 2 is 1.88 bits per heavy atom. The van der Waals surface area contributed by atoms with Gasteiger partial charge in [0.05, 0.1) is 0 Å². The number of carbonyl (C=O) groups excluding carboxylic acids is 4. The first kappa shape index (κ1) is 18.9. The van der Waals surface area contributed by atoms with Gasteiger partial charge in [-0.15, -0.1) is 0 Å². The third kappa shape index (κ3) is 5.57. The van der Waals surface area contributed by atoms with Crippen LogP contribution in [-0.4, -0.2) is 34.8 Å². The van der Waals surface area contributed by atoms with E-state index in [0.29, 0.717) is 0 Å². The second-order valence-electron chi connectivity index (χ2n) is 4.64. The molecule has 24 heavy (non-hydrogen) atoms. The SMILES string of the molecule is CC(=O)C(=O)OOC(=O)[C@H](N)CCC(=O)Oc1cccc(O)c1N. The average Bonchev–Trinajstić information content (AvgIpc) is 2.54. The molecule has 0 radical (unpaired) electrons. The summed E-state index contributed by atoms with van der Waals surface area (Å²) in [6.45, 7) is 0.930. The van der Waals surface area contributed by atoms with Gasteiger partial charge in [-0.05, 0) is 18.6 Å². The van der Waals surface area contributed by atoms with Crippen molar-refractivity contribution in [2.45, 2.75) is 25.8 Å². The molecule has 0 heterocycles. The van der Waals surface area contributed by atoms with Crippen LogP contribution in [0.1, 0.15) is 19.8 Å². The van der Waals surface area contributed by atoms with Gasteiger partial charge in [0.25, 0.3) is 0 Å². The summed E-state index contributed by atoms with van der Waals surface area (Å²) in [4.78, 5) is 52.5. The lowest BCUT2D eigenvalue weighted by Crippen LogP contribution is -2.34. The number of benzene rings is 1. The first-order valence-electron chi connectivity index (χ1n) is 6.69. The number of rotatable bonds is 6. The standard InChI is InChI=1S/C14H16N2O8/c1-7(17)13(20)23-24-14(21)8(15)5-6-11(19)22-10-4-2-3-9(18)12(10)16/h2-4,8,18H,5-6,15-16H2,1H3/t8-/m1/s1. The van der Waals surface area contributed by atoms with Gasteiger partial charge in [0.1, 0.15) is 17.5 Å². The van der Waals surface area contributed by atoms with Crippen molar-refractivity contribution in [3.63, 3.8) is 0 Å². The first-order valence-corrected chi connectivity index (χ1v) is 6.69. The number of ether oxygens (including phenoxy) is 1. The zero-order valence-electron chi connectivity index (χ0n) is 12.7. The van der Waals surface area contributed by atoms with Crippen LogP contribution in [0.3, 0.4) is 0 Å². The Balaban J connectivity index is 2.43. The molecule has 0 amide bonds. The van der Waals surface area contributed by atoms with Crippen molar-refractivity contribution in [2.24, 2.45) is 5.73 Å². The number of nitrogen functional groups attached to an aromatic ring is 1. The van der Waals surface area contributed by atoms with E-state index in [1.165, 1.54) is 18.2 Å². The van der Waals surface area contributed by atoms with E-state index in [2.05, 4.69) is 9.78 Å². The molecule has 1 aromatic carbocycles. The largest absolute Gasteiger partial charge is 0.506 e.